The molecule has 0 spiro atoms. The van der Waals surface area contributed by atoms with Gasteiger partial charge in [-0.2, -0.15) is 0 Å². The molecular weight excluding hydrogens is 276 g/mol. The minimum atomic E-state index is 0.976. The highest BCUT2D eigenvalue weighted by molar-refractivity contribution is 4.80. The molecule has 0 rings (SSSR count). The van der Waals surface area contributed by atoms with Crippen LogP contribution < -0.4 is 0 Å². The third-order valence-corrected chi connectivity index (χ3v) is 5.49. The second-order valence-electron chi connectivity index (χ2n) is 7.48. The SMILES string of the molecule is CC=CCCC(CCCCCCC)C(CC)CCCCCCC. The number of allylic oxidation sites excluding steroid dienone is 2. The van der Waals surface area contributed by atoms with Gasteiger partial charge in [0.2, 0.25) is 0 Å². The van der Waals surface area contributed by atoms with E-state index in [2.05, 4.69) is 39.8 Å². The summed E-state index contributed by atoms with van der Waals surface area (Å²) in [6.45, 7) is 9.21. The third-order valence-electron chi connectivity index (χ3n) is 5.49. The summed E-state index contributed by atoms with van der Waals surface area (Å²) >= 11 is 0. The predicted molar refractivity (Wildman–Crippen MR) is 108 cm³/mol. The highest BCUT2D eigenvalue weighted by atomic mass is 14.2. The van der Waals surface area contributed by atoms with Crippen LogP contribution in [0.5, 0.6) is 0 Å². The van der Waals surface area contributed by atoms with Crippen LogP contribution in [-0.2, 0) is 0 Å². The van der Waals surface area contributed by atoms with Crippen molar-refractivity contribution in [2.75, 3.05) is 0 Å². The molecule has 23 heavy (non-hydrogen) atoms. The van der Waals surface area contributed by atoms with Gasteiger partial charge in [-0.3, -0.25) is 0 Å². The van der Waals surface area contributed by atoms with E-state index in [1.807, 2.05) is 0 Å². The van der Waals surface area contributed by atoms with Crippen molar-refractivity contribution in [3.05, 3.63) is 12.2 Å². The van der Waals surface area contributed by atoms with E-state index in [0.717, 1.165) is 11.8 Å². The van der Waals surface area contributed by atoms with Gasteiger partial charge < -0.3 is 0 Å². The van der Waals surface area contributed by atoms with Crippen molar-refractivity contribution in [2.24, 2.45) is 11.8 Å². The van der Waals surface area contributed by atoms with E-state index < -0.39 is 0 Å². The van der Waals surface area contributed by atoms with Gasteiger partial charge in [-0.1, -0.05) is 116 Å². The van der Waals surface area contributed by atoms with E-state index in [4.69, 9.17) is 0 Å². The Bertz CT molecular complexity index is 240. The van der Waals surface area contributed by atoms with Gasteiger partial charge in [0, 0.05) is 0 Å². The zero-order valence-corrected chi connectivity index (χ0v) is 16.9. The molecule has 0 radical (unpaired) electrons. The Morgan fingerprint density at radius 2 is 1.13 bits per heavy atom. The monoisotopic (exact) mass is 322 g/mol. The van der Waals surface area contributed by atoms with Crippen LogP contribution >= 0.6 is 0 Å². The van der Waals surface area contributed by atoms with Crippen molar-refractivity contribution < 1.29 is 0 Å². The lowest BCUT2D eigenvalue weighted by Crippen LogP contribution is -2.14. The Morgan fingerprint density at radius 1 is 0.609 bits per heavy atom. The van der Waals surface area contributed by atoms with Crippen molar-refractivity contribution in [3.63, 3.8) is 0 Å². The van der Waals surface area contributed by atoms with Crippen molar-refractivity contribution in [1.82, 2.24) is 0 Å². The zero-order chi connectivity index (χ0) is 17.2. The standard InChI is InChI=1S/C23H46/c1-5-9-12-14-17-19-22(8-4)23(20-16-11-7-3)21-18-15-13-10-6-2/h7,11,22-23H,5-6,8-10,12-21H2,1-4H3. The lowest BCUT2D eigenvalue weighted by atomic mass is 9.79. The Morgan fingerprint density at radius 3 is 1.61 bits per heavy atom. The molecule has 0 aliphatic rings. The smallest absolute Gasteiger partial charge is 0.0348 e. The Balaban J connectivity index is 4.17. The van der Waals surface area contributed by atoms with E-state index in [-0.39, 0.29) is 0 Å². The highest BCUT2D eigenvalue weighted by Gasteiger charge is 2.18. The van der Waals surface area contributed by atoms with Crippen LogP contribution in [0.1, 0.15) is 124 Å². The third kappa shape index (κ3) is 13.8. The van der Waals surface area contributed by atoms with Gasteiger partial charge in [-0.15, -0.1) is 0 Å². The highest BCUT2D eigenvalue weighted by Crippen LogP contribution is 2.31. The fourth-order valence-corrected chi connectivity index (χ4v) is 3.89. The topological polar surface area (TPSA) is 0 Å². The first-order valence-corrected chi connectivity index (χ1v) is 10.9. The first kappa shape index (κ1) is 22.7. The summed E-state index contributed by atoms with van der Waals surface area (Å²) in [5.74, 6) is 1.96. The maximum atomic E-state index is 2.43. The summed E-state index contributed by atoms with van der Waals surface area (Å²) in [4.78, 5) is 0. The molecule has 0 heterocycles. The first-order chi connectivity index (χ1) is 11.3. The Hall–Kier alpha value is -0.260. The van der Waals surface area contributed by atoms with Gasteiger partial charge >= 0.3 is 0 Å². The molecule has 138 valence electrons. The average Bonchev–Trinajstić information content (AvgIpc) is 2.57. The van der Waals surface area contributed by atoms with E-state index in [1.165, 1.54) is 96.3 Å². The number of hydrogen-bond acceptors (Lipinski definition) is 0. The fourth-order valence-electron chi connectivity index (χ4n) is 3.89. The van der Waals surface area contributed by atoms with E-state index in [1.54, 1.807) is 0 Å². The Labute approximate surface area is 148 Å². The first-order valence-electron chi connectivity index (χ1n) is 10.9. The van der Waals surface area contributed by atoms with Crippen LogP contribution in [-0.4, -0.2) is 0 Å². The summed E-state index contributed by atoms with van der Waals surface area (Å²) < 4.78 is 0. The molecule has 0 saturated carbocycles. The molecule has 0 nitrogen and oxygen atoms in total. The van der Waals surface area contributed by atoms with E-state index >= 15 is 0 Å². The second-order valence-corrected chi connectivity index (χ2v) is 7.48. The largest absolute Gasteiger partial charge is 0.0917 e. The van der Waals surface area contributed by atoms with Gasteiger partial charge in [-0.05, 0) is 31.6 Å². The summed E-state index contributed by atoms with van der Waals surface area (Å²) in [6.07, 6.45) is 26.0. The van der Waals surface area contributed by atoms with E-state index in [9.17, 15) is 0 Å². The van der Waals surface area contributed by atoms with Crippen LogP contribution in [0, 0.1) is 11.8 Å². The molecular formula is C23H46. The molecule has 0 aromatic rings. The summed E-state index contributed by atoms with van der Waals surface area (Å²) in [5.41, 5.74) is 0. The molecule has 2 atom stereocenters. The molecule has 0 N–H and O–H groups in total. The molecule has 0 amide bonds. The maximum absolute atomic E-state index is 2.43. The average molecular weight is 323 g/mol. The van der Waals surface area contributed by atoms with Crippen LogP contribution in [0.2, 0.25) is 0 Å². The van der Waals surface area contributed by atoms with Crippen LogP contribution in [0.3, 0.4) is 0 Å². The molecule has 2 unspecified atom stereocenters. The van der Waals surface area contributed by atoms with Crippen molar-refractivity contribution in [2.45, 2.75) is 124 Å². The minimum Gasteiger partial charge on any atom is -0.0917 e. The lowest BCUT2D eigenvalue weighted by Gasteiger charge is -2.26. The van der Waals surface area contributed by atoms with Crippen molar-refractivity contribution in [1.29, 1.82) is 0 Å². The molecule has 0 bridgehead atoms. The quantitative estimate of drug-likeness (QED) is 0.185. The molecule has 0 aromatic heterocycles. The van der Waals surface area contributed by atoms with Crippen LogP contribution in [0.25, 0.3) is 0 Å². The van der Waals surface area contributed by atoms with Gasteiger partial charge in [0.05, 0.1) is 0 Å². The number of hydrogen-bond donors (Lipinski definition) is 0. The second kappa shape index (κ2) is 18.1. The number of rotatable bonds is 17. The predicted octanol–water partition coefficient (Wildman–Crippen LogP) is 8.71. The molecule has 0 aliphatic heterocycles. The normalized spacial score (nSPS) is 14.4. The van der Waals surface area contributed by atoms with Gasteiger partial charge in [0.15, 0.2) is 0 Å². The van der Waals surface area contributed by atoms with Crippen LogP contribution in [0.15, 0.2) is 12.2 Å². The fraction of sp³-hybridized carbons (Fsp3) is 0.913. The molecule has 0 heteroatoms. The maximum Gasteiger partial charge on any atom is -0.0348 e. The summed E-state index contributed by atoms with van der Waals surface area (Å²) in [5, 5.41) is 0. The van der Waals surface area contributed by atoms with E-state index in [0.29, 0.717) is 0 Å². The van der Waals surface area contributed by atoms with Gasteiger partial charge in [0.1, 0.15) is 0 Å². The molecule has 0 aromatic carbocycles. The lowest BCUT2D eigenvalue weighted by molar-refractivity contribution is 0.257. The zero-order valence-electron chi connectivity index (χ0n) is 16.9. The summed E-state index contributed by atoms with van der Waals surface area (Å²) in [6, 6.07) is 0. The van der Waals surface area contributed by atoms with Gasteiger partial charge in [-0.25, -0.2) is 0 Å². The summed E-state index contributed by atoms with van der Waals surface area (Å²) in [7, 11) is 0. The van der Waals surface area contributed by atoms with Crippen molar-refractivity contribution in [3.8, 4) is 0 Å². The molecule has 0 saturated heterocycles. The van der Waals surface area contributed by atoms with Crippen LogP contribution in [0.4, 0.5) is 0 Å². The Kier molecular flexibility index (Phi) is 17.9. The van der Waals surface area contributed by atoms with Gasteiger partial charge in [0.25, 0.3) is 0 Å². The molecule has 0 aliphatic carbocycles. The number of unbranched alkanes of at least 4 members (excludes halogenated alkanes) is 8. The van der Waals surface area contributed by atoms with Crippen molar-refractivity contribution >= 4 is 0 Å². The molecule has 0 fully saturated rings. The minimum absolute atomic E-state index is 0.976.